The summed E-state index contributed by atoms with van der Waals surface area (Å²) in [6.45, 7) is 4.58. The summed E-state index contributed by atoms with van der Waals surface area (Å²) in [4.78, 5) is 29.5. The van der Waals surface area contributed by atoms with Crippen LogP contribution in [0.2, 0.25) is 0 Å². The van der Waals surface area contributed by atoms with Crippen LogP contribution in [0.15, 0.2) is 68.8 Å². The second-order valence-corrected chi connectivity index (χ2v) is 8.33. The number of hydrogen-bond acceptors (Lipinski definition) is 6. The molecule has 178 valence electrons. The molecular weight excluding hydrogens is 442 g/mol. The quantitative estimate of drug-likeness (QED) is 0.0843. The third kappa shape index (κ3) is 5.01. The van der Waals surface area contributed by atoms with Crippen LogP contribution in [0, 0.1) is 6.92 Å². The third-order valence-electron chi connectivity index (χ3n) is 5.91. The molecule has 4 aromatic rings. The number of carbonyl (C=O) groups excluding carboxylic acids is 1. The number of aromatic hydroxyl groups is 1. The lowest BCUT2D eigenvalue weighted by Crippen LogP contribution is -1.99. The number of phenols is 1. The molecule has 0 radical (unpaired) electrons. The molecular formula is C29H27NO5. The zero-order chi connectivity index (χ0) is 24.9. The van der Waals surface area contributed by atoms with Crippen LogP contribution in [0.4, 0.5) is 0 Å². The maximum Gasteiger partial charge on any atom is 0.336 e. The van der Waals surface area contributed by atoms with Crippen LogP contribution in [0.25, 0.3) is 27.8 Å². The van der Waals surface area contributed by atoms with Crippen LogP contribution in [0.1, 0.15) is 46.8 Å². The summed E-state index contributed by atoms with van der Waals surface area (Å²) in [5.74, 6) is 0.522. The summed E-state index contributed by atoms with van der Waals surface area (Å²) in [6.07, 6.45) is 6.76. The minimum absolute atomic E-state index is 0.0462. The van der Waals surface area contributed by atoms with E-state index in [2.05, 4.69) is 11.9 Å². The Balaban J connectivity index is 1.89. The van der Waals surface area contributed by atoms with Gasteiger partial charge in [-0.3, -0.25) is 9.79 Å². The Bertz CT molecular complexity index is 1510. The molecule has 1 heterocycles. The molecule has 3 aromatic carbocycles. The second-order valence-electron chi connectivity index (χ2n) is 8.33. The smallest absolute Gasteiger partial charge is 0.336 e. The normalized spacial score (nSPS) is 11.7. The van der Waals surface area contributed by atoms with Crippen LogP contribution < -0.4 is 10.4 Å². The predicted molar refractivity (Wildman–Crippen MR) is 140 cm³/mol. The van der Waals surface area contributed by atoms with Crippen molar-refractivity contribution in [3.63, 3.8) is 0 Å². The van der Waals surface area contributed by atoms with Gasteiger partial charge in [0, 0.05) is 46.1 Å². The molecule has 35 heavy (non-hydrogen) atoms. The molecule has 0 unspecified atom stereocenters. The number of fused-ring (bicyclic) bond motifs is 3. The molecule has 6 nitrogen and oxygen atoms in total. The highest BCUT2D eigenvalue weighted by Crippen LogP contribution is 2.37. The number of aliphatic imine (C=N–C) groups is 1. The number of ether oxygens (including phenoxy) is 1. The minimum Gasteiger partial charge on any atom is -0.507 e. The number of rotatable bonds is 8. The first-order valence-corrected chi connectivity index (χ1v) is 11.5. The maximum absolute atomic E-state index is 12.8. The molecule has 1 N–H and O–H groups in total. The summed E-state index contributed by atoms with van der Waals surface area (Å²) in [5.41, 5.74) is 2.34. The molecule has 0 bridgehead atoms. The van der Waals surface area contributed by atoms with Gasteiger partial charge >= 0.3 is 5.63 Å². The molecule has 0 atom stereocenters. The standard InChI is InChI=1S/C29H27NO5/c1-4-5-14-30-17-21-16-20(8-13-25(31)19-6-9-22(34-3)10-7-19)27-24(28(21)33)12-11-23-18(2)15-26(32)35-29(23)27/h6-13,15-17,33H,4-5,14H2,1-3H3/b13-8+,30-17?. The minimum atomic E-state index is -0.476. The van der Waals surface area contributed by atoms with Crippen LogP contribution in [0.3, 0.4) is 0 Å². The van der Waals surface area contributed by atoms with Gasteiger partial charge in [-0.2, -0.15) is 0 Å². The number of nitrogens with zero attached hydrogens (tertiary/aromatic N) is 1. The van der Waals surface area contributed by atoms with E-state index < -0.39 is 5.63 Å². The molecule has 0 aliphatic rings. The van der Waals surface area contributed by atoms with Gasteiger partial charge in [0.2, 0.25) is 0 Å². The van der Waals surface area contributed by atoms with Gasteiger partial charge in [0.05, 0.1) is 7.11 Å². The van der Waals surface area contributed by atoms with Crippen molar-refractivity contribution in [2.45, 2.75) is 26.7 Å². The Hall–Kier alpha value is -4.19. The summed E-state index contributed by atoms with van der Waals surface area (Å²) in [7, 11) is 1.57. The van der Waals surface area contributed by atoms with Gasteiger partial charge in [0.15, 0.2) is 5.78 Å². The van der Waals surface area contributed by atoms with Crippen LogP contribution >= 0.6 is 0 Å². The Labute approximate surface area is 203 Å². The zero-order valence-corrected chi connectivity index (χ0v) is 20.0. The van der Waals surface area contributed by atoms with Gasteiger partial charge in [-0.1, -0.05) is 25.5 Å². The lowest BCUT2D eigenvalue weighted by Gasteiger charge is -2.12. The van der Waals surface area contributed by atoms with Crippen LogP contribution in [-0.4, -0.2) is 30.8 Å². The second kappa shape index (κ2) is 10.4. The van der Waals surface area contributed by atoms with Crippen molar-refractivity contribution in [1.82, 2.24) is 0 Å². The first-order chi connectivity index (χ1) is 16.9. The van der Waals surface area contributed by atoms with Gasteiger partial charge in [0.1, 0.15) is 17.1 Å². The molecule has 1 aromatic heterocycles. The van der Waals surface area contributed by atoms with E-state index in [0.29, 0.717) is 45.3 Å². The number of phenolic OH excluding ortho intramolecular Hbond substituents is 1. The summed E-state index contributed by atoms with van der Waals surface area (Å²) in [5, 5.41) is 12.9. The fourth-order valence-corrected chi connectivity index (χ4v) is 3.99. The zero-order valence-electron chi connectivity index (χ0n) is 20.0. The SMILES string of the molecule is CCCCN=Cc1cc(/C=C/C(=O)c2ccc(OC)cc2)c2c(ccc3c(C)cc(=O)oc32)c1O. The number of ketones is 1. The van der Waals surface area contributed by atoms with E-state index in [-0.39, 0.29) is 11.5 Å². The Morgan fingerprint density at radius 3 is 2.54 bits per heavy atom. The first kappa shape index (κ1) is 24.0. The lowest BCUT2D eigenvalue weighted by molar-refractivity contribution is 0.104. The van der Waals surface area contributed by atoms with Gasteiger partial charge in [-0.05, 0) is 66.9 Å². The molecule has 6 heteroatoms. The molecule has 0 spiro atoms. The van der Waals surface area contributed by atoms with E-state index in [1.54, 1.807) is 55.8 Å². The van der Waals surface area contributed by atoms with Gasteiger partial charge in [0.25, 0.3) is 0 Å². The third-order valence-corrected chi connectivity index (χ3v) is 5.91. The summed E-state index contributed by atoms with van der Waals surface area (Å²) < 4.78 is 10.7. The maximum atomic E-state index is 12.8. The average molecular weight is 470 g/mol. The number of unbranched alkanes of at least 4 members (excludes halogenated alkanes) is 1. The van der Waals surface area contributed by atoms with E-state index in [1.165, 1.54) is 12.1 Å². The molecule has 0 fully saturated rings. The Kier molecular flexibility index (Phi) is 7.11. The highest BCUT2D eigenvalue weighted by Gasteiger charge is 2.16. The summed E-state index contributed by atoms with van der Waals surface area (Å²) >= 11 is 0. The number of carbonyl (C=O) groups is 1. The monoisotopic (exact) mass is 469 g/mol. The van der Waals surface area contributed by atoms with Gasteiger partial charge in [-0.25, -0.2) is 4.79 Å². The lowest BCUT2D eigenvalue weighted by atomic mass is 9.96. The Morgan fingerprint density at radius 2 is 1.83 bits per heavy atom. The number of hydrogen-bond donors (Lipinski definition) is 1. The number of benzene rings is 3. The average Bonchev–Trinajstić information content (AvgIpc) is 2.86. The molecule has 0 aliphatic heterocycles. The molecule has 0 saturated heterocycles. The van der Waals surface area contributed by atoms with Crippen LogP contribution in [-0.2, 0) is 0 Å². The van der Waals surface area contributed by atoms with E-state index in [1.807, 2.05) is 13.0 Å². The molecule has 0 aliphatic carbocycles. The van der Waals surface area contributed by atoms with Crippen molar-refractivity contribution in [3.05, 3.63) is 87.3 Å². The molecule has 4 rings (SSSR count). The number of aryl methyl sites for hydroxylation is 1. The fourth-order valence-electron chi connectivity index (χ4n) is 3.99. The van der Waals surface area contributed by atoms with Crippen molar-refractivity contribution in [1.29, 1.82) is 0 Å². The van der Waals surface area contributed by atoms with Crippen LogP contribution in [0.5, 0.6) is 11.5 Å². The highest BCUT2D eigenvalue weighted by molar-refractivity contribution is 6.15. The first-order valence-electron chi connectivity index (χ1n) is 11.5. The van der Waals surface area contributed by atoms with Crippen molar-refractivity contribution in [2.75, 3.05) is 13.7 Å². The van der Waals surface area contributed by atoms with Gasteiger partial charge in [-0.15, -0.1) is 0 Å². The predicted octanol–water partition coefficient (Wildman–Crippen LogP) is 6.08. The number of methoxy groups -OCH3 is 1. The number of allylic oxidation sites excluding steroid dienone is 1. The van der Waals surface area contributed by atoms with E-state index in [4.69, 9.17) is 9.15 Å². The van der Waals surface area contributed by atoms with E-state index in [0.717, 1.165) is 23.8 Å². The van der Waals surface area contributed by atoms with Crippen molar-refractivity contribution < 1.29 is 19.1 Å². The van der Waals surface area contributed by atoms with Gasteiger partial charge < -0.3 is 14.3 Å². The Morgan fingerprint density at radius 1 is 1.09 bits per heavy atom. The molecule has 0 saturated carbocycles. The fraction of sp³-hybridized carbons (Fsp3) is 0.207. The largest absolute Gasteiger partial charge is 0.507 e. The van der Waals surface area contributed by atoms with E-state index in [9.17, 15) is 14.7 Å². The van der Waals surface area contributed by atoms with E-state index >= 15 is 0 Å². The topological polar surface area (TPSA) is 89.1 Å². The summed E-state index contributed by atoms with van der Waals surface area (Å²) in [6, 6.07) is 13.7. The van der Waals surface area contributed by atoms with Crippen molar-refractivity contribution >= 4 is 39.8 Å². The molecule has 0 amide bonds. The van der Waals surface area contributed by atoms with Crippen molar-refractivity contribution in [3.8, 4) is 11.5 Å². The highest BCUT2D eigenvalue weighted by atomic mass is 16.5. The van der Waals surface area contributed by atoms with Crippen molar-refractivity contribution in [2.24, 2.45) is 4.99 Å².